The lowest BCUT2D eigenvalue weighted by Gasteiger charge is -2.00. The lowest BCUT2D eigenvalue weighted by atomic mass is 10.1. The second kappa shape index (κ2) is 3.34. The van der Waals surface area contributed by atoms with Gasteiger partial charge in [-0.3, -0.25) is 4.79 Å². The Morgan fingerprint density at radius 3 is 2.87 bits per heavy atom. The molecule has 0 radical (unpaired) electrons. The van der Waals surface area contributed by atoms with E-state index in [1.165, 1.54) is 13.0 Å². The number of phenolic OH excluding ortho intramolecular Hbond substituents is 1. The third-order valence-corrected chi connectivity index (χ3v) is 2.31. The lowest BCUT2D eigenvalue weighted by Crippen LogP contribution is -1.97. The minimum absolute atomic E-state index is 0.00241. The van der Waals surface area contributed by atoms with Crippen molar-refractivity contribution < 1.29 is 9.90 Å². The molecule has 2 aromatic rings. The Bertz CT molecular complexity index is 531. The number of Topliss-reactive ketones (excluding diaryl/α,β-unsaturated/α-hetero) is 1. The Hall–Kier alpha value is -1.91. The van der Waals surface area contributed by atoms with E-state index in [9.17, 15) is 9.90 Å². The van der Waals surface area contributed by atoms with Gasteiger partial charge < -0.3 is 5.11 Å². The molecule has 1 heterocycles. The number of fused-ring (bicyclic) bond motifs is 1. The van der Waals surface area contributed by atoms with Crippen LogP contribution in [-0.2, 0) is 6.54 Å². The molecule has 0 fully saturated rings. The zero-order valence-corrected chi connectivity index (χ0v) is 8.56. The fourth-order valence-corrected chi connectivity index (χ4v) is 1.49. The standard InChI is InChI=1S/C10H11N3O2/c1-3-13-8-4-7(6(2)14)5-9(15)10(8)11-12-13/h4-5,15H,3H2,1-2H3. The van der Waals surface area contributed by atoms with E-state index in [4.69, 9.17) is 0 Å². The summed E-state index contributed by atoms with van der Waals surface area (Å²) in [6, 6.07) is 3.11. The van der Waals surface area contributed by atoms with Crippen molar-refractivity contribution in [2.24, 2.45) is 0 Å². The largest absolute Gasteiger partial charge is 0.506 e. The molecule has 2 rings (SSSR count). The molecule has 0 atom stereocenters. The quantitative estimate of drug-likeness (QED) is 0.751. The van der Waals surface area contributed by atoms with Gasteiger partial charge in [-0.15, -0.1) is 5.10 Å². The third-order valence-electron chi connectivity index (χ3n) is 2.31. The number of hydrogen-bond donors (Lipinski definition) is 1. The summed E-state index contributed by atoms with van der Waals surface area (Å²) in [4.78, 5) is 11.2. The predicted octanol–water partition coefficient (Wildman–Crippen LogP) is 1.36. The highest BCUT2D eigenvalue weighted by Gasteiger charge is 2.11. The molecule has 0 aliphatic carbocycles. The van der Waals surface area contributed by atoms with E-state index in [1.807, 2.05) is 6.92 Å². The number of carbonyl (C=O) groups excluding carboxylic acids is 1. The van der Waals surface area contributed by atoms with Crippen LogP contribution in [0.5, 0.6) is 5.75 Å². The van der Waals surface area contributed by atoms with Crippen molar-refractivity contribution in [2.45, 2.75) is 20.4 Å². The van der Waals surface area contributed by atoms with Crippen LogP contribution in [0.4, 0.5) is 0 Å². The summed E-state index contributed by atoms with van der Waals surface area (Å²) in [5.74, 6) is -0.0894. The lowest BCUT2D eigenvalue weighted by molar-refractivity contribution is 0.101. The van der Waals surface area contributed by atoms with Gasteiger partial charge >= 0.3 is 0 Å². The first kappa shape index (κ1) is 9.64. The normalized spacial score (nSPS) is 10.8. The van der Waals surface area contributed by atoms with Crippen molar-refractivity contribution in [3.63, 3.8) is 0 Å². The van der Waals surface area contributed by atoms with Crippen LogP contribution in [0.3, 0.4) is 0 Å². The number of aromatic nitrogens is 3. The molecule has 78 valence electrons. The third kappa shape index (κ3) is 1.45. The van der Waals surface area contributed by atoms with E-state index < -0.39 is 0 Å². The summed E-state index contributed by atoms with van der Waals surface area (Å²) in [5, 5.41) is 17.4. The van der Waals surface area contributed by atoms with Gasteiger partial charge in [-0.25, -0.2) is 4.68 Å². The summed E-state index contributed by atoms with van der Waals surface area (Å²) in [5.41, 5.74) is 1.58. The van der Waals surface area contributed by atoms with Crippen LogP contribution in [0.15, 0.2) is 12.1 Å². The second-order valence-electron chi connectivity index (χ2n) is 3.32. The monoisotopic (exact) mass is 205 g/mol. The zero-order valence-electron chi connectivity index (χ0n) is 8.56. The smallest absolute Gasteiger partial charge is 0.160 e. The van der Waals surface area contributed by atoms with E-state index in [0.717, 1.165) is 0 Å². The second-order valence-corrected chi connectivity index (χ2v) is 3.32. The van der Waals surface area contributed by atoms with Gasteiger partial charge in [0.05, 0.1) is 5.52 Å². The van der Waals surface area contributed by atoms with Crippen molar-refractivity contribution in [3.8, 4) is 5.75 Å². The Balaban J connectivity index is 2.77. The fraction of sp³-hybridized carbons (Fsp3) is 0.300. The maximum absolute atomic E-state index is 11.2. The van der Waals surface area contributed by atoms with Gasteiger partial charge in [0.1, 0.15) is 5.75 Å². The van der Waals surface area contributed by atoms with E-state index >= 15 is 0 Å². The molecule has 0 saturated heterocycles. The highest BCUT2D eigenvalue weighted by molar-refractivity contribution is 5.98. The molecule has 1 aromatic carbocycles. The number of nitrogens with zero attached hydrogens (tertiary/aromatic N) is 3. The first-order valence-corrected chi connectivity index (χ1v) is 4.70. The number of aryl methyl sites for hydroxylation is 1. The molecule has 0 unspecified atom stereocenters. The Labute approximate surface area is 86.3 Å². The predicted molar refractivity (Wildman–Crippen MR) is 54.9 cm³/mol. The first-order chi connectivity index (χ1) is 7.13. The number of rotatable bonds is 2. The highest BCUT2D eigenvalue weighted by atomic mass is 16.3. The molecule has 0 amide bonds. The number of hydrogen-bond acceptors (Lipinski definition) is 4. The minimum Gasteiger partial charge on any atom is -0.506 e. The maximum Gasteiger partial charge on any atom is 0.160 e. The van der Waals surface area contributed by atoms with Crippen LogP contribution in [0.1, 0.15) is 24.2 Å². The van der Waals surface area contributed by atoms with Crippen molar-refractivity contribution >= 4 is 16.8 Å². The summed E-state index contributed by atoms with van der Waals surface area (Å²) >= 11 is 0. The van der Waals surface area contributed by atoms with Crippen LogP contribution < -0.4 is 0 Å². The fourth-order valence-electron chi connectivity index (χ4n) is 1.49. The summed E-state index contributed by atoms with van der Waals surface area (Å²) in [6.07, 6.45) is 0. The van der Waals surface area contributed by atoms with Gasteiger partial charge in [0, 0.05) is 12.1 Å². The van der Waals surface area contributed by atoms with Gasteiger partial charge in [-0.05, 0) is 26.0 Å². The minimum atomic E-state index is -0.0870. The maximum atomic E-state index is 11.2. The van der Waals surface area contributed by atoms with Gasteiger partial charge in [-0.2, -0.15) is 0 Å². The number of aromatic hydroxyl groups is 1. The van der Waals surface area contributed by atoms with Gasteiger partial charge in [0.2, 0.25) is 0 Å². The van der Waals surface area contributed by atoms with Crippen molar-refractivity contribution in [1.82, 2.24) is 15.0 Å². The van der Waals surface area contributed by atoms with E-state index in [2.05, 4.69) is 10.3 Å². The topological polar surface area (TPSA) is 68.0 Å². The van der Waals surface area contributed by atoms with Gasteiger partial charge in [0.15, 0.2) is 11.3 Å². The molecule has 5 nitrogen and oxygen atoms in total. The molecule has 1 aromatic heterocycles. The molecule has 0 aliphatic rings. The molecular weight excluding hydrogens is 194 g/mol. The molecule has 5 heteroatoms. The zero-order chi connectivity index (χ0) is 11.0. The first-order valence-electron chi connectivity index (χ1n) is 4.70. The number of benzene rings is 1. The SMILES string of the molecule is CCn1nnc2c(O)cc(C(C)=O)cc21. The number of phenols is 1. The van der Waals surface area contributed by atoms with Crippen LogP contribution in [-0.4, -0.2) is 25.9 Å². The highest BCUT2D eigenvalue weighted by Crippen LogP contribution is 2.24. The summed E-state index contributed by atoms with van der Waals surface area (Å²) in [7, 11) is 0. The number of carbonyl (C=O) groups is 1. The van der Waals surface area contributed by atoms with E-state index in [0.29, 0.717) is 23.1 Å². The molecule has 15 heavy (non-hydrogen) atoms. The van der Waals surface area contributed by atoms with Crippen molar-refractivity contribution in [3.05, 3.63) is 17.7 Å². The van der Waals surface area contributed by atoms with Gasteiger partial charge in [-0.1, -0.05) is 5.21 Å². The number of ketones is 1. The molecule has 0 spiro atoms. The molecule has 1 N–H and O–H groups in total. The molecular formula is C10H11N3O2. The Morgan fingerprint density at radius 2 is 2.27 bits per heavy atom. The van der Waals surface area contributed by atoms with E-state index in [-0.39, 0.29) is 11.5 Å². The van der Waals surface area contributed by atoms with Crippen LogP contribution >= 0.6 is 0 Å². The average Bonchev–Trinajstić information content (AvgIpc) is 2.60. The average molecular weight is 205 g/mol. The van der Waals surface area contributed by atoms with Gasteiger partial charge in [0.25, 0.3) is 0 Å². The summed E-state index contributed by atoms with van der Waals surface area (Å²) in [6.45, 7) is 4.03. The van der Waals surface area contributed by atoms with Crippen LogP contribution in [0.2, 0.25) is 0 Å². The van der Waals surface area contributed by atoms with Crippen LogP contribution in [0.25, 0.3) is 11.0 Å². The van der Waals surface area contributed by atoms with E-state index in [1.54, 1.807) is 10.7 Å². The summed E-state index contributed by atoms with van der Waals surface area (Å²) < 4.78 is 1.64. The molecule has 0 bridgehead atoms. The Morgan fingerprint density at radius 1 is 1.53 bits per heavy atom. The molecule has 0 saturated carbocycles. The van der Waals surface area contributed by atoms with Crippen LogP contribution in [0, 0.1) is 0 Å². The molecule has 0 aliphatic heterocycles. The Kier molecular flexibility index (Phi) is 2.15. The van der Waals surface area contributed by atoms with Crippen molar-refractivity contribution in [2.75, 3.05) is 0 Å². The van der Waals surface area contributed by atoms with Crippen molar-refractivity contribution in [1.29, 1.82) is 0 Å².